The summed E-state index contributed by atoms with van der Waals surface area (Å²) in [5.74, 6) is -1.51. The molecule has 21 heavy (non-hydrogen) atoms. The summed E-state index contributed by atoms with van der Waals surface area (Å²) in [6, 6.07) is 6.87. The van der Waals surface area contributed by atoms with Gasteiger partial charge in [-0.1, -0.05) is 23.7 Å². The number of halogens is 4. The fourth-order valence-corrected chi connectivity index (χ4v) is 3.62. The summed E-state index contributed by atoms with van der Waals surface area (Å²) in [7, 11) is 0. The Hall–Kier alpha value is -1.25. The number of carbonyl (C=O) groups is 1. The van der Waals surface area contributed by atoms with Gasteiger partial charge < -0.3 is 5.11 Å². The van der Waals surface area contributed by atoms with Gasteiger partial charge in [-0.15, -0.1) is 23.1 Å². The number of rotatable bonds is 4. The van der Waals surface area contributed by atoms with E-state index in [1.165, 1.54) is 11.8 Å². The van der Waals surface area contributed by atoms with E-state index < -0.39 is 22.7 Å². The van der Waals surface area contributed by atoms with Crippen molar-refractivity contribution >= 4 is 40.7 Å². The summed E-state index contributed by atoms with van der Waals surface area (Å²) in [5, 5.41) is 9.38. The van der Waals surface area contributed by atoms with Gasteiger partial charge in [0.1, 0.15) is 9.88 Å². The quantitative estimate of drug-likeness (QED) is 0.802. The smallest absolute Gasteiger partial charge is 0.435 e. The topological polar surface area (TPSA) is 50.2 Å². The summed E-state index contributed by atoms with van der Waals surface area (Å²) < 4.78 is 38.1. The van der Waals surface area contributed by atoms with Crippen molar-refractivity contribution in [1.29, 1.82) is 0 Å². The highest BCUT2D eigenvalue weighted by atomic mass is 35.5. The Morgan fingerprint density at radius 1 is 1.38 bits per heavy atom. The lowest BCUT2D eigenvalue weighted by atomic mass is 10.3. The zero-order chi connectivity index (χ0) is 15.6. The van der Waals surface area contributed by atoms with Gasteiger partial charge >= 0.3 is 12.1 Å². The number of carboxylic acid groups (broad SMARTS) is 1. The van der Waals surface area contributed by atoms with Crippen LogP contribution in [0.3, 0.4) is 0 Å². The SMILES string of the molecule is O=C(O)c1sc(CSc2ccccc2Cl)nc1C(F)(F)F. The lowest BCUT2D eigenvalue weighted by molar-refractivity contribution is -0.141. The van der Waals surface area contributed by atoms with Crippen molar-refractivity contribution < 1.29 is 23.1 Å². The van der Waals surface area contributed by atoms with E-state index in [9.17, 15) is 18.0 Å². The molecule has 112 valence electrons. The van der Waals surface area contributed by atoms with Crippen molar-refractivity contribution in [3.8, 4) is 0 Å². The number of thioether (sulfide) groups is 1. The molecule has 1 heterocycles. The average Bonchev–Trinajstić information content (AvgIpc) is 2.82. The van der Waals surface area contributed by atoms with Gasteiger partial charge in [0.2, 0.25) is 0 Å². The standard InChI is InChI=1S/C12H7ClF3NO2S2/c13-6-3-1-2-4-7(6)20-5-8-17-10(12(14,15)16)9(21-8)11(18)19/h1-4H,5H2,(H,18,19). The first-order valence-electron chi connectivity index (χ1n) is 5.46. The first-order valence-corrected chi connectivity index (χ1v) is 7.64. The van der Waals surface area contributed by atoms with Crippen molar-refractivity contribution in [2.75, 3.05) is 0 Å². The third kappa shape index (κ3) is 3.90. The lowest BCUT2D eigenvalue weighted by Gasteiger charge is -2.03. The highest BCUT2D eigenvalue weighted by Crippen LogP contribution is 2.37. The maximum atomic E-state index is 12.7. The molecule has 0 unspecified atom stereocenters. The minimum Gasteiger partial charge on any atom is -0.477 e. The Balaban J connectivity index is 2.22. The molecule has 0 spiro atoms. The van der Waals surface area contributed by atoms with Crippen LogP contribution in [0.4, 0.5) is 13.2 Å². The van der Waals surface area contributed by atoms with E-state index in [-0.39, 0.29) is 10.8 Å². The summed E-state index contributed by atoms with van der Waals surface area (Å²) in [6.07, 6.45) is -4.78. The Morgan fingerprint density at radius 2 is 2.05 bits per heavy atom. The molecule has 0 saturated heterocycles. The fourth-order valence-electron chi connectivity index (χ4n) is 1.46. The van der Waals surface area contributed by atoms with E-state index in [4.69, 9.17) is 16.7 Å². The van der Waals surface area contributed by atoms with Gasteiger partial charge in [0.25, 0.3) is 0 Å². The highest BCUT2D eigenvalue weighted by molar-refractivity contribution is 7.98. The van der Waals surface area contributed by atoms with Crippen molar-refractivity contribution in [3.05, 3.63) is 44.9 Å². The predicted molar refractivity (Wildman–Crippen MR) is 75.1 cm³/mol. The van der Waals surface area contributed by atoms with Crippen molar-refractivity contribution in [1.82, 2.24) is 4.98 Å². The van der Waals surface area contributed by atoms with Crippen LogP contribution in [0.15, 0.2) is 29.2 Å². The van der Waals surface area contributed by atoms with E-state index in [2.05, 4.69) is 4.98 Å². The summed E-state index contributed by atoms with van der Waals surface area (Å²) in [5.41, 5.74) is -1.35. The van der Waals surface area contributed by atoms with Crippen LogP contribution in [0, 0.1) is 0 Å². The minimum absolute atomic E-state index is 0.0876. The molecule has 0 bridgehead atoms. The molecule has 0 amide bonds. The Morgan fingerprint density at radius 3 is 2.57 bits per heavy atom. The first-order chi connectivity index (χ1) is 9.79. The largest absolute Gasteiger partial charge is 0.477 e. The fraction of sp³-hybridized carbons (Fsp3) is 0.167. The van der Waals surface area contributed by atoms with Crippen LogP contribution in [0.5, 0.6) is 0 Å². The van der Waals surface area contributed by atoms with E-state index in [0.29, 0.717) is 21.3 Å². The molecule has 2 rings (SSSR count). The van der Waals surface area contributed by atoms with Gasteiger partial charge in [0.15, 0.2) is 5.69 Å². The van der Waals surface area contributed by atoms with Crippen LogP contribution < -0.4 is 0 Å². The second-order valence-electron chi connectivity index (χ2n) is 3.81. The minimum atomic E-state index is -4.78. The molecule has 0 aliphatic rings. The maximum Gasteiger partial charge on any atom is 0.435 e. The van der Waals surface area contributed by atoms with E-state index in [1.807, 2.05) is 0 Å². The molecular formula is C12H7ClF3NO2S2. The van der Waals surface area contributed by atoms with Crippen molar-refractivity contribution in [3.63, 3.8) is 0 Å². The number of alkyl halides is 3. The first kappa shape index (κ1) is 16.1. The zero-order valence-corrected chi connectivity index (χ0v) is 12.5. The molecule has 0 saturated carbocycles. The number of hydrogen-bond acceptors (Lipinski definition) is 4. The molecule has 0 fully saturated rings. The number of carboxylic acids is 1. The van der Waals surface area contributed by atoms with Crippen LogP contribution in [0.1, 0.15) is 20.4 Å². The lowest BCUT2D eigenvalue weighted by Crippen LogP contribution is -2.11. The van der Waals surface area contributed by atoms with Crippen LogP contribution in [-0.2, 0) is 11.9 Å². The monoisotopic (exact) mass is 353 g/mol. The number of thiazole rings is 1. The van der Waals surface area contributed by atoms with E-state index in [1.54, 1.807) is 24.3 Å². The Kier molecular flexibility index (Phi) is 4.80. The zero-order valence-electron chi connectivity index (χ0n) is 10.1. The predicted octanol–water partition coefficient (Wildman–Crippen LogP) is 4.81. The molecule has 0 aliphatic carbocycles. The molecule has 0 aliphatic heterocycles. The molecule has 1 aromatic heterocycles. The van der Waals surface area contributed by atoms with Gasteiger partial charge in [-0.25, -0.2) is 9.78 Å². The third-order valence-corrected chi connectivity index (χ3v) is 5.07. The summed E-state index contributed by atoms with van der Waals surface area (Å²) >= 11 is 7.66. The maximum absolute atomic E-state index is 12.7. The van der Waals surface area contributed by atoms with Crippen molar-refractivity contribution in [2.24, 2.45) is 0 Å². The van der Waals surface area contributed by atoms with Crippen molar-refractivity contribution in [2.45, 2.75) is 16.8 Å². The van der Waals surface area contributed by atoms with Crippen LogP contribution in [-0.4, -0.2) is 16.1 Å². The second kappa shape index (κ2) is 6.25. The number of aromatic carboxylic acids is 1. The van der Waals surface area contributed by atoms with Crippen LogP contribution in [0.25, 0.3) is 0 Å². The van der Waals surface area contributed by atoms with E-state index >= 15 is 0 Å². The molecule has 3 nitrogen and oxygen atoms in total. The van der Waals surface area contributed by atoms with Gasteiger partial charge in [0.05, 0.1) is 10.8 Å². The number of aromatic nitrogens is 1. The normalized spacial score (nSPS) is 11.6. The molecule has 2 aromatic rings. The molecule has 1 N–H and O–H groups in total. The number of benzene rings is 1. The van der Waals surface area contributed by atoms with Gasteiger partial charge in [-0.3, -0.25) is 0 Å². The van der Waals surface area contributed by atoms with Crippen LogP contribution >= 0.6 is 34.7 Å². The van der Waals surface area contributed by atoms with Crippen LogP contribution in [0.2, 0.25) is 5.02 Å². The average molecular weight is 354 g/mol. The third-order valence-electron chi connectivity index (χ3n) is 2.32. The van der Waals surface area contributed by atoms with Gasteiger partial charge in [-0.05, 0) is 12.1 Å². The molecular weight excluding hydrogens is 347 g/mol. The Bertz CT molecular complexity index is 673. The summed E-state index contributed by atoms with van der Waals surface area (Å²) in [4.78, 5) is 14.1. The van der Waals surface area contributed by atoms with Gasteiger partial charge in [-0.2, -0.15) is 13.2 Å². The molecule has 1 aromatic carbocycles. The number of nitrogens with zero attached hydrogens (tertiary/aromatic N) is 1. The highest BCUT2D eigenvalue weighted by Gasteiger charge is 2.39. The number of hydrogen-bond donors (Lipinski definition) is 1. The summed E-state index contributed by atoms with van der Waals surface area (Å²) in [6.45, 7) is 0. The molecule has 0 radical (unpaired) electrons. The second-order valence-corrected chi connectivity index (χ2v) is 6.32. The van der Waals surface area contributed by atoms with Gasteiger partial charge in [0, 0.05) is 4.90 Å². The van der Waals surface area contributed by atoms with E-state index in [0.717, 1.165) is 0 Å². The molecule has 0 atom stereocenters. The molecule has 9 heteroatoms. The Labute approximate surface area is 130 Å².